The maximum Gasteiger partial charge on any atom is 0.108 e. The van der Waals surface area contributed by atoms with Crippen LogP contribution in [0.15, 0.2) is 22.9 Å². The Morgan fingerprint density at radius 1 is 1.50 bits per heavy atom. The van der Waals surface area contributed by atoms with E-state index in [1.54, 1.807) is 12.5 Å². The molecule has 18 heavy (non-hydrogen) atoms. The van der Waals surface area contributed by atoms with E-state index in [1.807, 2.05) is 17.7 Å². The molecule has 98 valence electrons. The van der Waals surface area contributed by atoms with E-state index in [2.05, 4.69) is 18.9 Å². The van der Waals surface area contributed by atoms with Gasteiger partial charge in [-0.05, 0) is 19.9 Å². The molecule has 0 aliphatic carbocycles. The number of aromatic nitrogens is 2. The van der Waals surface area contributed by atoms with Crippen LogP contribution in [-0.2, 0) is 6.42 Å². The first-order chi connectivity index (χ1) is 8.56. The maximum atomic E-state index is 6.32. The quantitative estimate of drug-likeness (QED) is 0.924. The molecule has 0 aliphatic heterocycles. The number of aryl methyl sites for hydroxylation is 1. The van der Waals surface area contributed by atoms with Crippen LogP contribution >= 0.6 is 11.6 Å². The molecule has 0 spiro atoms. The largest absolute Gasteiger partial charge is 0.469 e. The molecular weight excluding hydrogens is 250 g/mol. The summed E-state index contributed by atoms with van der Waals surface area (Å²) in [5, 5.41) is 4.87. The predicted octanol–water partition coefficient (Wildman–Crippen LogP) is 3.32. The maximum absolute atomic E-state index is 6.32. The highest BCUT2D eigenvalue weighted by atomic mass is 35.5. The second-order valence-electron chi connectivity index (χ2n) is 4.55. The van der Waals surface area contributed by atoms with Crippen molar-refractivity contribution in [3.63, 3.8) is 0 Å². The summed E-state index contributed by atoms with van der Waals surface area (Å²) in [6.45, 7) is 6.14. The SMILES string of the molecule is CCc1occc1C(N)c1c(Cl)cnn1C(C)C. The molecule has 1 unspecified atom stereocenters. The van der Waals surface area contributed by atoms with E-state index in [4.69, 9.17) is 21.8 Å². The minimum absolute atomic E-state index is 0.218. The monoisotopic (exact) mass is 267 g/mol. The van der Waals surface area contributed by atoms with Gasteiger partial charge in [-0.1, -0.05) is 18.5 Å². The molecule has 4 nitrogen and oxygen atoms in total. The van der Waals surface area contributed by atoms with Crippen molar-refractivity contribution < 1.29 is 4.42 Å². The average molecular weight is 268 g/mol. The Morgan fingerprint density at radius 2 is 2.22 bits per heavy atom. The van der Waals surface area contributed by atoms with E-state index in [-0.39, 0.29) is 12.1 Å². The summed E-state index contributed by atoms with van der Waals surface area (Å²) in [5.74, 6) is 0.898. The fraction of sp³-hybridized carbons (Fsp3) is 0.462. The van der Waals surface area contributed by atoms with Crippen molar-refractivity contribution in [3.05, 3.63) is 40.6 Å². The molecule has 0 aliphatic rings. The highest BCUT2D eigenvalue weighted by Gasteiger charge is 2.23. The van der Waals surface area contributed by atoms with Crippen LogP contribution in [0.4, 0.5) is 0 Å². The summed E-state index contributed by atoms with van der Waals surface area (Å²) in [5.41, 5.74) is 8.13. The van der Waals surface area contributed by atoms with Crippen LogP contribution in [0.25, 0.3) is 0 Å². The Balaban J connectivity index is 2.45. The van der Waals surface area contributed by atoms with Crippen molar-refractivity contribution in [3.8, 4) is 0 Å². The van der Waals surface area contributed by atoms with Crippen molar-refractivity contribution in [1.29, 1.82) is 0 Å². The van der Waals surface area contributed by atoms with Gasteiger partial charge in [-0.15, -0.1) is 0 Å². The van der Waals surface area contributed by atoms with Gasteiger partial charge >= 0.3 is 0 Å². The summed E-state index contributed by atoms with van der Waals surface area (Å²) in [7, 11) is 0. The number of rotatable bonds is 4. The first-order valence-corrected chi connectivity index (χ1v) is 6.48. The number of nitrogens with zero attached hydrogens (tertiary/aromatic N) is 2. The van der Waals surface area contributed by atoms with Crippen LogP contribution < -0.4 is 5.73 Å². The minimum Gasteiger partial charge on any atom is -0.469 e. The summed E-state index contributed by atoms with van der Waals surface area (Å²) in [6, 6.07) is 1.81. The summed E-state index contributed by atoms with van der Waals surface area (Å²) >= 11 is 6.20. The zero-order valence-electron chi connectivity index (χ0n) is 10.9. The molecule has 2 aromatic rings. The van der Waals surface area contributed by atoms with Gasteiger partial charge in [0.2, 0.25) is 0 Å². The van der Waals surface area contributed by atoms with Gasteiger partial charge in [0.05, 0.1) is 29.2 Å². The van der Waals surface area contributed by atoms with E-state index in [0.717, 1.165) is 23.4 Å². The van der Waals surface area contributed by atoms with Crippen LogP contribution in [0.1, 0.15) is 49.9 Å². The Hall–Kier alpha value is -1.26. The van der Waals surface area contributed by atoms with E-state index in [0.29, 0.717) is 5.02 Å². The van der Waals surface area contributed by atoms with Crippen LogP contribution in [0.2, 0.25) is 5.02 Å². The molecule has 0 bridgehead atoms. The molecule has 0 saturated heterocycles. The molecule has 0 saturated carbocycles. The second-order valence-corrected chi connectivity index (χ2v) is 4.95. The zero-order chi connectivity index (χ0) is 13.3. The van der Waals surface area contributed by atoms with E-state index < -0.39 is 0 Å². The topological polar surface area (TPSA) is 57.0 Å². The van der Waals surface area contributed by atoms with E-state index in [9.17, 15) is 0 Å². The lowest BCUT2D eigenvalue weighted by molar-refractivity contribution is 0.488. The summed E-state index contributed by atoms with van der Waals surface area (Å²) in [6.07, 6.45) is 4.12. The molecule has 0 fully saturated rings. The molecule has 2 heterocycles. The van der Waals surface area contributed by atoms with Gasteiger partial charge in [-0.25, -0.2) is 0 Å². The van der Waals surface area contributed by atoms with Crippen LogP contribution in [0.3, 0.4) is 0 Å². The van der Waals surface area contributed by atoms with Crippen molar-refractivity contribution in [2.45, 2.75) is 39.3 Å². The number of nitrogens with two attached hydrogens (primary N) is 1. The second kappa shape index (κ2) is 5.16. The fourth-order valence-corrected chi connectivity index (χ4v) is 2.36. The molecular formula is C13H18ClN3O. The molecule has 0 amide bonds. The number of furan rings is 1. The Morgan fingerprint density at radius 3 is 2.83 bits per heavy atom. The number of hydrogen-bond acceptors (Lipinski definition) is 3. The number of halogens is 1. The first-order valence-electron chi connectivity index (χ1n) is 6.11. The van der Waals surface area contributed by atoms with Crippen LogP contribution in [-0.4, -0.2) is 9.78 Å². The highest BCUT2D eigenvalue weighted by Crippen LogP contribution is 2.30. The normalized spacial score (nSPS) is 13.2. The third kappa shape index (κ3) is 2.18. The van der Waals surface area contributed by atoms with Crippen molar-refractivity contribution in [2.75, 3.05) is 0 Å². The van der Waals surface area contributed by atoms with Crippen LogP contribution in [0.5, 0.6) is 0 Å². The third-order valence-electron chi connectivity index (χ3n) is 3.01. The van der Waals surface area contributed by atoms with Gasteiger partial charge in [0, 0.05) is 18.0 Å². The molecule has 0 radical (unpaired) electrons. The fourth-order valence-electron chi connectivity index (χ4n) is 2.12. The lowest BCUT2D eigenvalue weighted by atomic mass is 10.0. The van der Waals surface area contributed by atoms with E-state index in [1.165, 1.54) is 0 Å². The van der Waals surface area contributed by atoms with Crippen LogP contribution in [0, 0.1) is 0 Å². The predicted molar refractivity (Wildman–Crippen MR) is 71.7 cm³/mol. The molecule has 2 rings (SSSR count). The Bertz CT molecular complexity index is 530. The first kappa shape index (κ1) is 13.2. The van der Waals surface area contributed by atoms with E-state index >= 15 is 0 Å². The van der Waals surface area contributed by atoms with Crippen molar-refractivity contribution in [2.24, 2.45) is 5.73 Å². The molecule has 2 N–H and O–H groups in total. The van der Waals surface area contributed by atoms with Gasteiger partial charge in [0.15, 0.2) is 0 Å². The van der Waals surface area contributed by atoms with Gasteiger partial charge in [0.25, 0.3) is 0 Å². The smallest absolute Gasteiger partial charge is 0.108 e. The van der Waals surface area contributed by atoms with Gasteiger partial charge in [-0.2, -0.15) is 5.10 Å². The molecule has 5 heteroatoms. The van der Waals surface area contributed by atoms with Gasteiger partial charge < -0.3 is 10.2 Å². The zero-order valence-corrected chi connectivity index (χ0v) is 11.6. The summed E-state index contributed by atoms with van der Waals surface area (Å²) < 4.78 is 7.28. The lowest BCUT2D eigenvalue weighted by Gasteiger charge is -2.17. The highest BCUT2D eigenvalue weighted by molar-refractivity contribution is 6.31. The Labute approximate surface area is 112 Å². The van der Waals surface area contributed by atoms with Crippen molar-refractivity contribution >= 4 is 11.6 Å². The third-order valence-corrected chi connectivity index (χ3v) is 3.30. The average Bonchev–Trinajstić information content (AvgIpc) is 2.93. The van der Waals surface area contributed by atoms with Gasteiger partial charge in [0.1, 0.15) is 5.76 Å². The molecule has 0 aromatic carbocycles. The molecule has 2 aromatic heterocycles. The molecule has 1 atom stereocenters. The minimum atomic E-state index is -0.309. The van der Waals surface area contributed by atoms with Crippen molar-refractivity contribution in [1.82, 2.24) is 9.78 Å². The lowest BCUT2D eigenvalue weighted by Crippen LogP contribution is -2.19. The Kier molecular flexibility index (Phi) is 3.78. The van der Waals surface area contributed by atoms with Gasteiger partial charge in [-0.3, -0.25) is 4.68 Å². The summed E-state index contributed by atoms with van der Waals surface area (Å²) in [4.78, 5) is 0. The number of hydrogen-bond donors (Lipinski definition) is 1. The standard InChI is InChI=1S/C13H18ClN3O/c1-4-11-9(5-6-18-11)12(15)13-10(14)7-16-17(13)8(2)3/h5-8,12H,4,15H2,1-3H3.